The lowest BCUT2D eigenvalue weighted by Crippen LogP contribution is -2.31. The van der Waals surface area contributed by atoms with Gasteiger partial charge in [0.15, 0.2) is 0 Å². The van der Waals surface area contributed by atoms with Crippen LogP contribution >= 0.6 is 0 Å². The highest BCUT2D eigenvalue weighted by molar-refractivity contribution is 5.24. The van der Waals surface area contributed by atoms with Crippen LogP contribution in [0.4, 0.5) is 0 Å². The lowest BCUT2D eigenvalue weighted by atomic mass is 9.86. The molecule has 0 aromatic rings. The molecule has 1 fully saturated rings. The molecule has 2 rings (SSSR count). The second-order valence-electron chi connectivity index (χ2n) is 5.29. The summed E-state index contributed by atoms with van der Waals surface area (Å²) in [6.45, 7) is 5.70. The van der Waals surface area contributed by atoms with Gasteiger partial charge in [0.2, 0.25) is 0 Å². The molecule has 1 saturated carbocycles. The highest BCUT2D eigenvalue weighted by Crippen LogP contribution is 2.53. The van der Waals surface area contributed by atoms with Crippen LogP contribution < -0.4 is 5.32 Å². The van der Waals surface area contributed by atoms with E-state index in [1.54, 1.807) is 5.57 Å². The van der Waals surface area contributed by atoms with Crippen LogP contribution in [0, 0.1) is 5.41 Å². The minimum atomic E-state index is 0.602. The van der Waals surface area contributed by atoms with Gasteiger partial charge >= 0.3 is 0 Å². The van der Waals surface area contributed by atoms with Gasteiger partial charge in [-0.05, 0) is 38.5 Å². The smallest absolute Gasteiger partial charge is 0.00476 e. The average molecular weight is 193 g/mol. The predicted octanol–water partition coefficient (Wildman–Crippen LogP) is 3.27. The highest BCUT2D eigenvalue weighted by Gasteiger charge is 2.45. The third-order valence-corrected chi connectivity index (χ3v) is 3.67. The van der Waals surface area contributed by atoms with E-state index in [9.17, 15) is 0 Å². The fourth-order valence-corrected chi connectivity index (χ4v) is 2.48. The lowest BCUT2D eigenvalue weighted by molar-refractivity contribution is 0.459. The summed E-state index contributed by atoms with van der Waals surface area (Å²) in [7, 11) is 0. The first kappa shape index (κ1) is 10.2. The number of allylic oxidation sites excluding steroid dienone is 1. The first-order valence-corrected chi connectivity index (χ1v) is 6.16. The quantitative estimate of drug-likeness (QED) is 0.676. The first-order valence-electron chi connectivity index (χ1n) is 6.16. The van der Waals surface area contributed by atoms with Crippen molar-refractivity contribution in [2.75, 3.05) is 6.54 Å². The van der Waals surface area contributed by atoms with E-state index >= 15 is 0 Å². The zero-order chi connectivity index (χ0) is 10.0. The Morgan fingerprint density at radius 1 is 1.36 bits per heavy atom. The Kier molecular flexibility index (Phi) is 2.96. The van der Waals surface area contributed by atoms with E-state index in [2.05, 4.69) is 25.2 Å². The standard InChI is InChI=1S/C13H23N/c1-11(2)14-10-13(8-9-13)12-6-4-3-5-7-12/h6,11,14H,3-5,7-10H2,1-2H3. The maximum atomic E-state index is 3.60. The summed E-state index contributed by atoms with van der Waals surface area (Å²) in [6.07, 6.45) is 10.9. The lowest BCUT2D eigenvalue weighted by Gasteiger charge is -2.24. The molecule has 0 amide bonds. The summed E-state index contributed by atoms with van der Waals surface area (Å²) in [6, 6.07) is 0.636. The molecule has 14 heavy (non-hydrogen) atoms. The van der Waals surface area contributed by atoms with Gasteiger partial charge in [-0.15, -0.1) is 0 Å². The fraction of sp³-hybridized carbons (Fsp3) is 0.846. The fourth-order valence-electron chi connectivity index (χ4n) is 2.48. The van der Waals surface area contributed by atoms with Gasteiger partial charge in [-0.3, -0.25) is 0 Å². The van der Waals surface area contributed by atoms with E-state index < -0.39 is 0 Å². The minimum absolute atomic E-state index is 0.602. The molecule has 1 heteroatoms. The summed E-state index contributed by atoms with van der Waals surface area (Å²) in [5.74, 6) is 0. The molecule has 2 aliphatic rings. The van der Waals surface area contributed by atoms with E-state index in [1.807, 2.05) is 0 Å². The molecule has 0 aromatic carbocycles. The van der Waals surface area contributed by atoms with Crippen LogP contribution in [-0.4, -0.2) is 12.6 Å². The Labute approximate surface area is 88.0 Å². The maximum Gasteiger partial charge on any atom is 0.00476 e. The second-order valence-corrected chi connectivity index (χ2v) is 5.29. The predicted molar refractivity (Wildman–Crippen MR) is 61.4 cm³/mol. The molecule has 0 atom stereocenters. The van der Waals surface area contributed by atoms with Crippen molar-refractivity contribution in [1.29, 1.82) is 0 Å². The normalized spacial score (nSPS) is 24.9. The molecule has 80 valence electrons. The highest BCUT2D eigenvalue weighted by atomic mass is 14.9. The van der Waals surface area contributed by atoms with Crippen molar-refractivity contribution in [3.05, 3.63) is 11.6 Å². The second kappa shape index (κ2) is 4.06. The van der Waals surface area contributed by atoms with Crippen LogP contribution in [0.3, 0.4) is 0 Å². The van der Waals surface area contributed by atoms with Gasteiger partial charge < -0.3 is 5.32 Å². The molecule has 0 heterocycles. The first-order chi connectivity index (χ1) is 6.73. The average Bonchev–Trinajstić information content (AvgIpc) is 2.97. The van der Waals surface area contributed by atoms with E-state index in [1.165, 1.54) is 45.1 Å². The Balaban J connectivity index is 1.91. The van der Waals surface area contributed by atoms with Gasteiger partial charge in [-0.2, -0.15) is 0 Å². The van der Waals surface area contributed by atoms with Crippen LogP contribution in [0.1, 0.15) is 52.4 Å². The van der Waals surface area contributed by atoms with Gasteiger partial charge in [-0.1, -0.05) is 25.5 Å². The van der Waals surface area contributed by atoms with Crippen molar-refractivity contribution in [2.45, 2.75) is 58.4 Å². The molecule has 0 saturated heterocycles. The number of nitrogens with one attached hydrogen (secondary N) is 1. The molecule has 1 N–H and O–H groups in total. The summed E-state index contributed by atoms with van der Waals surface area (Å²) >= 11 is 0. The molecule has 1 nitrogen and oxygen atoms in total. The Morgan fingerprint density at radius 2 is 2.14 bits per heavy atom. The summed E-state index contributed by atoms with van der Waals surface area (Å²) in [4.78, 5) is 0. The topological polar surface area (TPSA) is 12.0 Å². The van der Waals surface area contributed by atoms with Gasteiger partial charge in [0.25, 0.3) is 0 Å². The molecular formula is C13H23N. The molecule has 0 radical (unpaired) electrons. The largest absolute Gasteiger partial charge is 0.314 e. The summed E-state index contributed by atoms with van der Waals surface area (Å²) in [5, 5.41) is 3.60. The van der Waals surface area contributed by atoms with Crippen molar-refractivity contribution in [3.8, 4) is 0 Å². The van der Waals surface area contributed by atoms with E-state index in [4.69, 9.17) is 0 Å². The third-order valence-electron chi connectivity index (χ3n) is 3.67. The monoisotopic (exact) mass is 193 g/mol. The van der Waals surface area contributed by atoms with Crippen molar-refractivity contribution in [1.82, 2.24) is 5.32 Å². The zero-order valence-corrected chi connectivity index (χ0v) is 9.60. The Morgan fingerprint density at radius 3 is 2.64 bits per heavy atom. The van der Waals surface area contributed by atoms with Crippen molar-refractivity contribution >= 4 is 0 Å². The molecule has 0 unspecified atom stereocenters. The molecular weight excluding hydrogens is 170 g/mol. The molecule has 0 bridgehead atoms. The Hall–Kier alpha value is -0.300. The van der Waals surface area contributed by atoms with Crippen LogP contribution in [0.25, 0.3) is 0 Å². The van der Waals surface area contributed by atoms with Crippen LogP contribution in [-0.2, 0) is 0 Å². The molecule has 0 aliphatic heterocycles. The zero-order valence-electron chi connectivity index (χ0n) is 9.60. The van der Waals surface area contributed by atoms with Gasteiger partial charge in [-0.25, -0.2) is 0 Å². The molecule has 0 aromatic heterocycles. The SMILES string of the molecule is CC(C)NCC1(C2=CCCCC2)CC1. The van der Waals surface area contributed by atoms with E-state index in [0.717, 1.165) is 0 Å². The van der Waals surface area contributed by atoms with Crippen LogP contribution in [0.15, 0.2) is 11.6 Å². The van der Waals surface area contributed by atoms with Crippen LogP contribution in [0.2, 0.25) is 0 Å². The van der Waals surface area contributed by atoms with Gasteiger partial charge in [0, 0.05) is 18.0 Å². The Bertz CT molecular complexity index is 223. The number of hydrogen-bond donors (Lipinski definition) is 1. The van der Waals surface area contributed by atoms with Crippen molar-refractivity contribution in [2.24, 2.45) is 5.41 Å². The van der Waals surface area contributed by atoms with Crippen LogP contribution in [0.5, 0.6) is 0 Å². The molecule has 2 aliphatic carbocycles. The number of hydrogen-bond acceptors (Lipinski definition) is 1. The van der Waals surface area contributed by atoms with Gasteiger partial charge in [0.05, 0.1) is 0 Å². The number of rotatable bonds is 4. The van der Waals surface area contributed by atoms with E-state index in [-0.39, 0.29) is 0 Å². The van der Waals surface area contributed by atoms with E-state index in [0.29, 0.717) is 11.5 Å². The van der Waals surface area contributed by atoms with Crippen molar-refractivity contribution < 1.29 is 0 Å². The molecule has 0 spiro atoms. The third kappa shape index (κ3) is 2.20. The summed E-state index contributed by atoms with van der Waals surface area (Å²) in [5.41, 5.74) is 2.38. The summed E-state index contributed by atoms with van der Waals surface area (Å²) < 4.78 is 0. The van der Waals surface area contributed by atoms with Gasteiger partial charge in [0.1, 0.15) is 0 Å². The minimum Gasteiger partial charge on any atom is -0.314 e. The van der Waals surface area contributed by atoms with Crippen molar-refractivity contribution in [3.63, 3.8) is 0 Å². The maximum absolute atomic E-state index is 3.60.